The maximum Gasteiger partial charge on any atom is 0.357 e. The van der Waals surface area contributed by atoms with Gasteiger partial charge in [0, 0.05) is 25.5 Å². The highest BCUT2D eigenvalue weighted by Crippen LogP contribution is 2.30. The second-order valence-electron chi connectivity index (χ2n) is 5.63. The van der Waals surface area contributed by atoms with Gasteiger partial charge in [-0.1, -0.05) is 12.1 Å². The highest BCUT2D eigenvalue weighted by molar-refractivity contribution is 6.06. The van der Waals surface area contributed by atoms with E-state index in [-0.39, 0.29) is 18.8 Å². The zero-order valence-electron chi connectivity index (χ0n) is 13.5. The van der Waals surface area contributed by atoms with E-state index in [1.807, 2.05) is 24.3 Å². The molecule has 0 radical (unpaired) electrons. The molecule has 1 atom stereocenters. The lowest BCUT2D eigenvalue weighted by molar-refractivity contribution is 0.0691. The molecule has 0 saturated heterocycles. The molecule has 130 valence electrons. The van der Waals surface area contributed by atoms with Crippen LogP contribution in [-0.2, 0) is 7.05 Å². The quantitative estimate of drug-likeness (QED) is 0.529. The number of carbonyl (C=O) groups is 1. The Morgan fingerprint density at radius 1 is 1.28 bits per heavy atom. The van der Waals surface area contributed by atoms with E-state index in [2.05, 4.69) is 15.4 Å². The summed E-state index contributed by atoms with van der Waals surface area (Å²) in [5.41, 5.74) is 2.82. The number of carboxylic acid groups (broad SMARTS) is 1. The number of nitrogens with zero attached hydrogens (tertiary/aromatic N) is 3. The first-order chi connectivity index (χ1) is 12.0. The van der Waals surface area contributed by atoms with Gasteiger partial charge in [0.25, 0.3) is 0 Å². The topological polar surface area (TPSA) is 121 Å². The van der Waals surface area contributed by atoms with Crippen LogP contribution in [0.15, 0.2) is 36.5 Å². The van der Waals surface area contributed by atoms with Crippen LogP contribution in [0, 0.1) is 0 Å². The van der Waals surface area contributed by atoms with Gasteiger partial charge in [0.2, 0.25) is 0 Å². The molecule has 1 aromatic carbocycles. The summed E-state index contributed by atoms with van der Waals surface area (Å²) in [6.45, 7) is -0.0693. The van der Waals surface area contributed by atoms with Crippen LogP contribution < -0.4 is 5.32 Å². The molecule has 1 unspecified atom stereocenters. The third kappa shape index (κ3) is 3.30. The maximum atomic E-state index is 11.5. The van der Waals surface area contributed by atoms with Gasteiger partial charge >= 0.3 is 5.97 Å². The Kier molecular flexibility index (Phi) is 4.64. The van der Waals surface area contributed by atoms with E-state index in [4.69, 9.17) is 5.11 Å². The zero-order valence-corrected chi connectivity index (χ0v) is 13.5. The van der Waals surface area contributed by atoms with Crippen LogP contribution in [-0.4, -0.2) is 55.3 Å². The lowest BCUT2D eigenvalue weighted by Crippen LogP contribution is -2.22. The molecule has 25 heavy (non-hydrogen) atoms. The fourth-order valence-corrected chi connectivity index (χ4v) is 2.64. The molecule has 0 spiro atoms. The second-order valence-corrected chi connectivity index (χ2v) is 5.63. The number of fused-ring (bicyclic) bond motifs is 1. The molecule has 3 aromatic rings. The maximum absolute atomic E-state index is 11.5. The summed E-state index contributed by atoms with van der Waals surface area (Å²) < 4.78 is 1.45. The Balaban J connectivity index is 1.98. The summed E-state index contributed by atoms with van der Waals surface area (Å²) in [6.07, 6.45) is 0.794. The van der Waals surface area contributed by atoms with Gasteiger partial charge in [0.05, 0.1) is 18.1 Å². The van der Waals surface area contributed by atoms with Gasteiger partial charge in [-0.05, 0) is 29.3 Å². The SMILES string of the molecule is Cn1nc(C(=O)O)c2c(-c3ccc(NCC(O)CO)cc3)ccnc21. The number of aliphatic hydroxyl groups excluding tert-OH is 2. The lowest BCUT2D eigenvalue weighted by atomic mass is 10.0. The molecule has 0 aliphatic rings. The molecule has 0 aliphatic heterocycles. The number of benzene rings is 1. The molecule has 0 bridgehead atoms. The normalized spacial score (nSPS) is 12.3. The third-order valence-corrected chi connectivity index (χ3v) is 3.88. The van der Waals surface area contributed by atoms with Crippen LogP contribution in [0.1, 0.15) is 10.5 Å². The van der Waals surface area contributed by atoms with Crippen molar-refractivity contribution >= 4 is 22.7 Å². The number of aromatic carboxylic acids is 1. The number of rotatable bonds is 6. The number of nitrogens with one attached hydrogen (secondary N) is 1. The van der Waals surface area contributed by atoms with Crippen LogP contribution in [0.4, 0.5) is 5.69 Å². The van der Waals surface area contributed by atoms with Crippen LogP contribution in [0.25, 0.3) is 22.2 Å². The van der Waals surface area contributed by atoms with Gasteiger partial charge in [-0.2, -0.15) is 5.10 Å². The molecule has 3 rings (SSSR count). The highest BCUT2D eigenvalue weighted by Gasteiger charge is 2.19. The van der Waals surface area contributed by atoms with Crippen LogP contribution >= 0.6 is 0 Å². The molecule has 4 N–H and O–H groups in total. The largest absolute Gasteiger partial charge is 0.476 e. The summed E-state index contributed by atoms with van der Waals surface area (Å²) in [5, 5.41) is 35.1. The monoisotopic (exact) mass is 342 g/mol. The van der Waals surface area contributed by atoms with E-state index in [1.54, 1.807) is 19.3 Å². The van der Waals surface area contributed by atoms with Crippen molar-refractivity contribution in [1.82, 2.24) is 14.8 Å². The predicted octanol–water partition coefficient (Wildman–Crippen LogP) is 1.10. The van der Waals surface area contributed by atoms with Gasteiger partial charge in [0.1, 0.15) is 0 Å². The number of aliphatic hydroxyl groups is 2. The Morgan fingerprint density at radius 3 is 2.64 bits per heavy atom. The van der Waals surface area contributed by atoms with Gasteiger partial charge in [-0.25, -0.2) is 14.5 Å². The van der Waals surface area contributed by atoms with Crippen molar-refractivity contribution < 1.29 is 20.1 Å². The molecule has 0 aliphatic carbocycles. The Hall–Kier alpha value is -2.97. The number of pyridine rings is 1. The predicted molar refractivity (Wildman–Crippen MR) is 92.5 cm³/mol. The molecule has 8 nitrogen and oxygen atoms in total. The van der Waals surface area contributed by atoms with Crippen molar-refractivity contribution in [3.8, 4) is 11.1 Å². The van der Waals surface area contributed by atoms with Crippen molar-refractivity contribution in [3.05, 3.63) is 42.2 Å². The van der Waals surface area contributed by atoms with Gasteiger partial charge in [-0.15, -0.1) is 0 Å². The summed E-state index contributed by atoms with van der Waals surface area (Å²) in [6, 6.07) is 9.10. The lowest BCUT2D eigenvalue weighted by Gasteiger charge is -2.11. The summed E-state index contributed by atoms with van der Waals surface area (Å²) >= 11 is 0. The Bertz CT molecular complexity index is 905. The first kappa shape index (κ1) is 16.9. The molecule has 8 heteroatoms. The van der Waals surface area contributed by atoms with Crippen molar-refractivity contribution in [2.24, 2.45) is 7.05 Å². The summed E-state index contributed by atoms with van der Waals surface area (Å²) in [5.74, 6) is -1.10. The molecule has 0 amide bonds. The number of hydrogen-bond acceptors (Lipinski definition) is 6. The molecule has 2 aromatic heterocycles. The van der Waals surface area contributed by atoms with Gasteiger partial charge in [-0.3, -0.25) is 0 Å². The molecular formula is C17H18N4O4. The van der Waals surface area contributed by atoms with E-state index in [1.165, 1.54) is 4.68 Å². The molecule has 0 saturated carbocycles. The minimum atomic E-state index is -1.10. The van der Waals surface area contributed by atoms with E-state index in [9.17, 15) is 15.0 Å². The Labute approximate surface area is 143 Å². The number of aromatic nitrogens is 3. The second kappa shape index (κ2) is 6.88. The fraction of sp³-hybridized carbons (Fsp3) is 0.235. The molecular weight excluding hydrogens is 324 g/mol. The summed E-state index contributed by atoms with van der Waals surface area (Å²) in [4.78, 5) is 15.7. The van der Waals surface area contributed by atoms with E-state index in [0.29, 0.717) is 11.0 Å². The van der Waals surface area contributed by atoms with Crippen molar-refractivity contribution in [3.63, 3.8) is 0 Å². The standard InChI is InChI=1S/C17H18N4O4/c1-21-16-14(15(20-21)17(24)25)13(6-7-18-16)10-2-4-11(5-3-10)19-8-12(23)9-22/h2-7,12,19,22-23H,8-9H2,1H3,(H,24,25). The number of hydrogen-bond donors (Lipinski definition) is 4. The first-order valence-electron chi connectivity index (χ1n) is 7.69. The highest BCUT2D eigenvalue weighted by atomic mass is 16.4. The number of carboxylic acids is 1. The number of anilines is 1. The average molecular weight is 342 g/mol. The minimum absolute atomic E-state index is 0.0335. The zero-order chi connectivity index (χ0) is 18.0. The first-order valence-corrected chi connectivity index (χ1v) is 7.69. The van der Waals surface area contributed by atoms with Crippen molar-refractivity contribution in [2.75, 3.05) is 18.5 Å². The fourth-order valence-electron chi connectivity index (χ4n) is 2.64. The smallest absolute Gasteiger partial charge is 0.357 e. The molecule has 2 heterocycles. The van der Waals surface area contributed by atoms with Gasteiger partial charge < -0.3 is 20.6 Å². The van der Waals surface area contributed by atoms with Crippen LogP contribution in [0.3, 0.4) is 0 Å². The minimum Gasteiger partial charge on any atom is -0.476 e. The molecule has 0 fully saturated rings. The van der Waals surface area contributed by atoms with E-state index >= 15 is 0 Å². The van der Waals surface area contributed by atoms with E-state index < -0.39 is 12.1 Å². The van der Waals surface area contributed by atoms with E-state index in [0.717, 1.165) is 16.8 Å². The van der Waals surface area contributed by atoms with Crippen molar-refractivity contribution in [2.45, 2.75) is 6.10 Å². The summed E-state index contributed by atoms with van der Waals surface area (Å²) in [7, 11) is 1.66. The van der Waals surface area contributed by atoms with Crippen molar-refractivity contribution in [1.29, 1.82) is 0 Å². The van der Waals surface area contributed by atoms with Crippen LogP contribution in [0.5, 0.6) is 0 Å². The van der Waals surface area contributed by atoms with Crippen LogP contribution in [0.2, 0.25) is 0 Å². The van der Waals surface area contributed by atoms with Gasteiger partial charge in [0.15, 0.2) is 11.3 Å². The Morgan fingerprint density at radius 2 is 2.00 bits per heavy atom. The average Bonchev–Trinajstić information content (AvgIpc) is 2.97. The third-order valence-electron chi connectivity index (χ3n) is 3.88. The number of aryl methyl sites for hydroxylation is 1.